The molecule has 2 fully saturated rings. The van der Waals surface area contributed by atoms with Crippen LogP contribution in [0.5, 0.6) is 28.7 Å². The summed E-state index contributed by atoms with van der Waals surface area (Å²) >= 11 is 5.66. The van der Waals surface area contributed by atoms with Gasteiger partial charge < -0.3 is 47.4 Å². The predicted molar refractivity (Wildman–Crippen MR) is 185 cm³/mol. The number of ether oxygens (including phenoxy) is 10. The Balaban J connectivity index is 1.23. The van der Waals surface area contributed by atoms with E-state index in [1.165, 1.54) is 14.2 Å². The quantitative estimate of drug-likeness (QED) is 0.0414. The number of hydrogen-bond acceptors (Lipinski definition) is 14. The lowest BCUT2D eigenvalue weighted by Crippen LogP contribution is -2.50. The Bertz CT molecular complexity index is 1930. The maximum atomic E-state index is 13.7. The minimum atomic E-state index is -0.969. The highest BCUT2D eigenvalue weighted by Crippen LogP contribution is 2.57. The third kappa shape index (κ3) is 7.25. The molecule has 0 N–H and O–H groups in total. The van der Waals surface area contributed by atoms with Crippen molar-refractivity contribution in [2.75, 3.05) is 33.5 Å². The van der Waals surface area contributed by atoms with E-state index in [-0.39, 0.29) is 49.6 Å². The Morgan fingerprint density at radius 2 is 1.70 bits per heavy atom. The van der Waals surface area contributed by atoms with E-state index in [0.29, 0.717) is 28.2 Å². The van der Waals surface area contributed by atoms with Crippen LogP contribution in [-0.2, 0) is 39.9 Å². The maximum Gasteiger partial charge on any atom is 0.514 e. The van der Waals surface area contributed by atoms with E-state index in [9.17, 15) is 19.9 Å². The van der Waals surface area contributed by atoms with Crippen LogP contribution >= 0.6 is 11.6 Å². The Hall–Kier alpha value is -5.41. The topological polar surface area (TPSA) is 192 Å². The van der Waals surface area contributed by atoms with Gasteiger partial charge >= 0.3 is 18.1 Å². The smallest absolute Gasteiger partial charge is 0.493 e. The second-order valence-electron chi connectivity index (χ2n) is 12.9. The van der Waals surface area contributed by atoms with Crippen molar-refractivity contribution in [3.05, 3.63) is 87.3 Å². The number of benzene rings is 3. The first-order valence-electron chi connectivity index (χ1n) is 17.1. The van der Waals surface area contributed by atoms with E-state index in [0.717, 1.165) is 5.56 Å². The lowest BCUT2D eigenvalue weighted by Gasteiger charge is -2.43. The van der Waals surface area contributed by atoms with Crippen molar-refractivity contribution in [2.45, 2.75) is 56.5 Å². The summed E-state index contributed by atoms with van der Waals surface area (Å²) in [7, 11) is 2.83. The summed E-state index contributed by atoms with van der Waals surface area (Å²) in [6.07, 6.45) is -4.24. The summed E-state index contributed by atoms with van der Waals surface area (Å²) in [6.45, 7) is 1.69. The molecule has 284 valence electrons. The number of halogens is 1. The molecule has 0 unspecified atom stereocenters. The van der Waals surface area contributed by atoms with E-state index in [1.807, 2.05) is 36.4 Å². The largest absolute Gasteiger partial charge is 0.514 e. The fourth-order valence-electron chi connectivity index (χ4n) is 7.50. The minimum absolute atomic E-state index is 0.00310. The number of carbonyl (C=O) groups is 3. The SMILES string of the molecule is COc1cc([C@@H]2c3cc4c(cc3[C@@H](O[C@H]3C[C@H](N=[N+]=[N-])[C@@H](OC(=O)CCl)[C@H](C)O3)[C@H]3COC(=O)[C@H]23)OCO4)cc(OC)c1OC(=O)OCc1ccccc1. The molecule has 3 heterocycles. The van der Waals surface area contributed by atoms with E-state index >= 15 is 0 Å². The number of azide groups is 1. The zero-order valence-electron chi connectivity index (χ0n) is 29.4. The highest BCUT2D eigenvalue weighted by Gasteiger charge is 2.54. The molecule has 0 aromatic heterocycles. The molecule has 0 spiro atoms. The van der Waals surface area contributed by atoms with Gasteiger partial charge in [0.05, 0.1) is 45.0 Å². The lowest BCUT2D eigenvalue weighted by molar-refractivity contribution is -0.253. The van der Waals surface area contributed by atoms with E-state index < -0.39 is 66.5 Å². The molecule has 7 rings (SSSR count). The van der Waals surface area contributed by atoms with Gasteiger partial charge in [-0.25, -0.2) is 4.79 Å². The summed E-state index contributed by atoms with van der Waals surface area (Å²) < 4.78 is 57.8. The molecular weight excluding hydrogens is 730 g/mol. The molecule has 0 amide bonds. The van der Waals surface area contributed by atoms with Crippen LogP contribution in [0.4, 0.5) is 4.79 Å². The number of alkyl halides is 1. The van der Waals surface area contributed by atoms with Crippen molar-refractivity contribution in [1.82, 2.24) is 0 Å². The van der Waals surface area contributed by atoms with Crippen molar-refractivity contribution in [2.24, 2.45) is 17.0 Å². The van der Waals surface area contributed by atoms with Gasteiger partial charge in [-0.2, -0.15) is 0 Å². The minimum Gasteiger partial charge on any atom is -0.493 e. The van der Waals surface area contributed by atoms with Crippen LogP contribution in [0.25, 0.3) is 10.4 Å². The van der Waals surface area contributed by atoms with Gasteiger partial charge in [0.15, 0.2) is 29.3 Å². The van der Waals surface area contributed by atoms with Crippen LogP contribution in [0.2, 0.25) is 0 Å². The fourth-order valence-corrected chi connectivity index (χ4v) is 7.56. The van der Waals surface area contributed by atoms with Gasteiger partial charge in [0.2, 0.25) is 12.5 Å². The van der Waals surface area contributed by atoms with Crippen LogP contribution in [0, 0.1) is 11.8 Å². The second-order valence-corrected chi connectivity index (χ2v) is 13.2. The molecule has 2 saturated heterocycles. The average molecular weight is 766 g/mol. The Morgan fingerprint density at radius 3 is 2.37 bits per heavy atom. The summed E-state index contributed by atoms with van der Waals surface area (Å²) in [5, 5.41) is 3.87. The Kier molecular flexibility index (Phi) is 10.9. The molecule has 0 bridgehead atoms. The number of carbonyl (C=O) groups excluding carboxylic acids is 3. The van der Waals surface area contributed by atoms with E-state index in [2.05, 4.69) is 10.0 Å². The standard InChI is InChI=1S/C37H36ClN3O13/c1-18-33(52-29(42)14-38)24(40-41-39)13-30(51-18)53-34-22-12-26-25(49-17-50-26)11-21(22)31(32-23(34)16-47-36(32)43)20-9-27(45-2)35(28(10-20)46-3)54-37(44)48-15-19-7-5-4-6-8-19/h4-12,18,23-24,30-34H,13-17H2,1-3H3/t18-,23-,24-,30-,31+,32-,33-,34+/m0/s1. The van der Waals surface area contributed by atoms with Gasteiger partial charge in [0.25, 0.3) is 0 Å². The third-order valence-corrected chi connectivity index (χ3v) is 10.1. The first-order chi connectivity index (χ1) is 26.2. The maximum absolute atomic E-state index is 13.7. The van der Waals surface area contributed by atoms with Gasteiger partial charge in [-0.15, -0.1) is 11.6 Å². The van der Waals surface area contributed by atoms with Gasteiger partial charge in [0, 0.05) is 23.2 Å². The molecule has 16 nitrogen and oxygen atoms in total. The molecule has 54 heavy (non-hydrogen) atoms. The van der Waals surface area contributed by atoms with Gasteiger partial charge in [0.1, 0.15) is 18.6 Å². The lowest BCUT2D eigenvalue weighted by atomic mass is 9.66. The monoisotopic (exact) mass is 765 g/mol. The van der Waals surface area contributed by atoms with E-state index in [4.69, 9.17) is 59.0 Å². The van der Waals surface area contributed by atoms with Gasteiger partial charge in [-0.1, -0.05) is 35.4 Å². The number of esters is 2. The van der Waals surface area contributed by atoms with Crippen LogP contribution in [-0.4, -0.2) is 76.1 Å². The van der Waals surface area contributed by atoms with Crippen molar-refractivity contribution < 1.29 is 61.8 Å². The zero-order chi connectivity index (χ0) is 37.9. The first kappa shape index (κ1) is 36.9. The van der Waals surface area contributed by atoms with Crippen LogP contribution in [0.1, 0.15) is 47.6 Å². The molecule has 0 saturated carbocycles. The number of hydrogen-bond donors (Lipinski definition) is 0. The predicted octanol–water partition coefficient (Wildman–Crippen LogP) is 6.10. The van der Waals surface area contributed by atoms with Crippen molar-refractivity contribution >= 4 is 29.7 Å². The number of rotatable bonds is 11. The molecule has 3 aromatic carbocycles. The van der Waals surface area contributed by atoms with Crippen LogP contribution in [0.15, 0.2) is 59.7 Å². The molecule has 17 heteroatoms. The van der Waals surface area contributed by atoms with E-state index in [1.54, 1.807) is 25.1 Å². The molecule has 4 aliphatic rings. The number of fused-ring (bicyclic) bond motifs is 3. The van der Waals surface area contributed by atoms with Crippen LogP contribution < -0.4 is 23.7 Å². The fraction of sp³-hybridized carbons (Fsp3) is 0.432. The van der Waals surface area contributed by atoms with Gasteiger partial charge in [-0.3, -0.25) is 9.59 Å². The summed E-state index contributed by atoms with van der Waals surface area (Å²) in [5.41, 5.74) is 12.0. The summed E-state index contributed by atoms with van der Waals surface area (Å²) in [4.78, 5) is 41.5. The third-order valence-electron chi connectivity index (χ3n) is 9.86. The van der Waals surface area contributed by atoms with Gasteiger partial charge in [-0.05, 0) is 59.0 Å². The summed E-state index contributed by atoms with van der Waals surface area (Å²) in [6, 6.07) is 15.3. The highest BCUT2D eigenvalue weighted by molar-refractivity contribution is 6.26. The average Bonchev–Trinajstić information content (AvgIpc) is 3.81. The molecule has 3 aliphatic heterocycles. The van der Waals surface area contributed by atoms with Crippen LogP contribution in [0.3, 0.4) is 0 Å². The molecule has 8 atom stereocenters. The first-order valence-corrected chi connectivity index (χ1v) is 17.6. The summed E-state index contributed by atoms with van der Waals surface area (Å²) in [5.74, 6) is -2.21. The number of nitrogens with zero attached hydrogens (tertiary/aromatic N) is 3. The number of cyclic esters (lactones) is 1. The second kappa shape index (κ2) is 15.9. The van der Waals surface area contributed by atoms with Crippen molar-refractivity contribution in [3.8, 4) is 28.7 Å². The number of methoxy groups -OCH3 is 2. The molecule has 3 aromatic rings. The Morgan fingerprint density at radius 1 is 1.00 bits per heavy atom. The molecular formula is C37H36ClN3O13. The Labute approximate surface area is 314 Å². The molecule has 1 aliphatic carbocycles. The highest BCUT2D eigenvalue weighted by atomic mass is 35.5. The van der Waals surface area contributed by atoms with Crippen molar-refractivity contribution in [3.63, 3.8) is 0 Å². The normalized spacial score (nSPS) is 26.3. The zero-order valence-corrected chi connectivity index (χ0v) is 30.1. The molecule has 0 radical (unpaired) electrons. The van der Waals surface area contributed by atoms with Crippen molar-refractivity contribution in [1.29, 1.82) is 0 Å².